The number of oxime groups is 1. The molecule has 1 aliphatic rings. The largest absolute Gasteiger partial charge is 0.496 e. The van der Waals surface area contributed by atoms with E-state index in [1.807, 2.05) is 30.3 Å². The predicted octanol–water partition coefficient (Wildman–Crippen LogP) is 4.68. The van der Waals surface area contributed by atoms with Crippen LogP contribution in [0.2, 0.25) is 0 Å². The molecule has 5 heteroatoms. The first-order valence-electron chi connectivity index (χ1n) is 7.26. The third-order valence-electron chi connectivity index (χ3n) is 3.80. The van der Waals surface area contributed by atoms with Crippen molar-refractivity contribution in [3.63, 3.8) is 0 Å². The number of fused-ring (bicyclic) bond motifs is 2. The number of para-hydroxylation sites is 1. The first kappa shape index (κ1) is 15.5. The predicted molar refractivity (Wildman–Crippen MR) is 94.8 cm³/mol. The summed E-state index contributed by atoms with van der Waals surface area (Å²) in [7, 11) is 1.62. The van der Waals surface area contributed by atoms with Gasteiger partial charge in [-0.05, 0) is 25.1 Å². The van der Waals surface area contributed by atoms with E-state index in [2.05, 4.69) is 28.8 Å². The molecule has 0 saturated heterocycles. The number of anilines is 2. The van der Waals surface area contributed by atoms with E-state index in [0.717, 1.165) is 21.8 Å². The van der Waals surface area contributed by atoms with E-state index >= 15 is 0 Å². The lowest BCUT2D eigenvalue weighted by atomic mass is 10.1. The fourth-order valence-electron chi connectivity index (χ4n) is 2.69. The second-order valence-electron chi connectivity index (χ2n) is 5.17. The van der Waals surface area contributed by atoms with Crippen LogP contribution in [-0.4, -0.2) is 24.6 Å². The normalized spacial score (nSPS) is 13.3. The third kappa shape index (κ3) is 2.68. The molecule has 1 aliphatic heterocycles. The van der Waals surface area contributed by atoms with E-state index < -0.39 is 0 Å². The van der Waals surface area contributed by atoms with Gasteiger partial charge in [0.1, 0.15) is 5.75 Å². The highest BCUT2D eigenvalue weighted by Crippen LogP contribution is 2.49. The van der Waals surface area contributed by atoms with Crippen molar-refractivity contribution >= 4 is 28.8 Å². The van der Waals surface area contributed by atoms with Gasteiger partial charge in [0.25, 0.3) is 0 Å². The molecule has 4 nitrogen and oxygen atoms in total. The number of hydrogen-bond donors (Lipinski definition) is 1. The molecule has 0 saturated carbocycles. The average Bonchev–Trinajstić information content (AvgIpc) is 2.59. The first-order valence-corrected chi connectivity index (χ1v) is 8.07. The molecule has 0 amide bonds. The Morgan fingerprint density at radius 1 is 1.30 bits per heavy atom. The van der Waals surface area contributed by atoms with Crippen LogP contribution in [0.4, 0.5) is 11.4 Å². The van der Waals surface area contributed by atoms with Crippen molar-refractivity contribution in [3.8, 4) is 5.75 Å². The van der Waals surface area contributed by atoms with Crippen molar-refractivity contribution in [2.45, 2.75) is 16.7 Å². The Hall–Kier alpha value is -2.40. The second-order valence-corrected chi connectivity index (χ2v) is 6.26. The Balaban J connectivity index is 2.20. The van der Waals surface area contributed by atoms with Crippen LogP contribution in [0.5, 0.6) is 5.75 Å². The van der Waals surface area contributed by atoms with E-state index in [9.17, 15) is 0 Å². The van der Waals surface area contributed by atoms with Gasteiger partial charge in [-0.3, -0.25) is 0 Å². The number of hydrogen-bond acceptors (Lipinski definition) is 5. The van der Waals surface area contributed by atoms with Gasteiger partial charge >= 0.3 is 0 Å². The van der Waals surface area contributed by atoms with Crippen molar-refractivity contribution in [3.05, 3.63) is 54.6 Å². The van der Waals surface area contributed by atoms with Crippen molar-refractivity contribution < 1.29 is 9.94 Å². The van der Waals surface area contributed by atoms with Crippen molar-refractivity contribution in [1.82, 2.24) is 0 Å². The zero-order valence-corrected chi connectivity index (χ0v) is 13.9. The van der Waals surface area contributed by atoms with Crippen molar-refractivity contribution in [2.24, 2.45) is 5.16 Å². The average molecular weight is 326 g/mol. The van der Waals surface area contributed by atoms with Crippen LogP contribution in [0, 0.1) is 0 Å². The third-order valence-corrected chi connectivity index (χ3v) is 4.91. The summed E-state index contributed by atoms with van der Waals surface area (Å²) >= 11 is 1.71. The van der Waals surface area contributed by atoms with Gasteiger partial charge in [0.2, 0.25) is 0 Å². The van der Waals surface area contributed by atoms with Crippen molar-refractivity contribution in [1.29, 1.82) is 0 Å². The number of methoxy groups -OCH3 is 1. The number of benzene rings is 2. The Kier molecular flexibility index (Phi) is 4.30. The Morgan fingerprint density at radius 2 is 2.09 bits per heavy atom. The Morgan fingerprint density at radius 3 is 2.78 bits per heavy atom. The molecule has 0 unspecified atom stereocenters. The molecule has 1 N–H and O–H groups in total. The number of ether oxygens (including phenoxy) is 1. The topological polar surface area (TPSA) is 45.1 Å². The molecule has 0 aliphatic carbocycles. The lowest BCUT2D eigenvalue weighted by Gasteiger charge is -2.32. The van der Waals surface area contributed by atoms with Gasteiger partial charge in [0.05, 0.1) is 24.2 Å². The minimum Gasteiger partial charge on any atom is -0.496 e. The lowest BCUT2D eigenvalue weighted by Crippen LogP contribution is -2.21. The van der Waals surface area contributed by atoms with Gasteiger partial charge in [0.15, 0.2) is 0 Å². The summed E-state index contributed by atoms with van der Waals surface area (Å²) < 4.78 is 5.50. The maximum absolute atomic E-state index is 9.11. The molecule has 2 aromatic rings. The molecule has 0 fully saturated rings. The molecule has 0 atom stereocenters. The van der Waals surface area contributed by atoms with Crippen LogP contribution in [-0.2, 0) is 0 Å². The molecule has 0 radical (unpaired) electrons. The minimum atomic E-state index is 0.527. The lowest BCUT2D eigenvalue weighted by molar-refractivity contribution is 0.318. The first-order chi connectivity index (χ1) is 11.2. The van der Waals surface area contributed by atoms with Gasteiger partial charge < -0.3 is 14.8 Å². The minimum absolute atomic E-state index is 0.527. The summed E-state index contributed by atoms with van der Waals surface area (Å²) in [6.45, 7) is 6.34. The number of nitrogens with zero attached hydrogens (tertiary/aromatic N) is 2. The highest BCUT2D eigenvalue weighted by atomic mass is 32.2. The Labute approximate surface area is 140 Å². The molecule has 118 valence electrons. The maximum atomic E-state index is 9.11. The highest BCUT2D eigenvalue weighted by Gasteiger charge is 2.25. The standard InChI is InChI=1S/C18H18N2O2S/c1-4-9-20-14-7-5-6-8-17(14)23-18-10-13(12(2)19-21)16(22-3)11-15(18)20/h4-8,10-11,21H,1,9H2,2-3H3. The summed E-state index contributed by atoms with van der Waals surface area (Å²) in [6, 6.07) is 12.3. The van der Waals surface area contributed by atoms with E-state index in [4.69, 9.17) is 9.94 Å². The van der Waals surface area contributed by atoms with Crippen LogP contribution < -0.4 is 9.64 Å². The maximum Gasteiger partial charge on any atom is 0.130 e. The highest BCUT2D eigenvalue weighted by molar-refractivity contribution is 7.99. The molecule has 23 heavy (non-hydrogen) atoms. The monoisotopic (exact) mass is 326 g/mol. The fourth-order valence-corrected chi connectivity index (χ4v) is 3.80. The molecule has 3 rings (SSSR count). The van der Waals surface area contributed by atoms with E-state index in [1.165, 1.54) is 4.90 Å². The van der Waals surface area contributed by atoms with Crippen LogP contribution >= 0.6 is 11.8 Å². The quantitative estimate of drug-likeness (QED) is 0.383. The Bertz CT molecular complexity index is 787. The van der Waals surface area contributed by atoms with Gasteiger partial charge in [-0.1, -0.05) is 35.1 Å². The van der Waals surface area contributed by atoms with E-state index in [-0.39, 0.29) is 0 Å². The summed E-state index contributed by atoms with van der Waals surface area (Å²) in [5.41, 5.74) is 3.55. The molecule has 0 bridgehead atoms. The smallest absolute Gasteiger partial charge is 0.130 e. The van der Waals surface area contributed by atoms with Crippen molar-refractivity contribution in [2.75, 3.05) is 18.6 Å². The van der Waals surface area contributed by atoms with E-state index in [0.29, 0.717) is 18.0 Å². The van der Waals surface area contributed by atoms with Crippen LogP contribution in [0.25, 0.3) is 0 Å². The summed E-state index contributed by atoms with van der Waals surface area (Å²) in [4.78, 5) is 4.51. The zero-order valence-electron chi connectivity index (χ0n) is 13.1. The number of rotatable bonds is 4. The molecular weight excluding hydrogens is 308 g/mol. The van der Waals surface area contributed by atoms with Gasteiger partial charge in [-0.15, -0.1) is 6.58 Å². The van der Waals surface area contributed by atoms with Crippen LogP contribution in [0.1, 0.15) is 12.5 Å². The fraction of sp³-hybridized carbons (Fsp3) is 0.167. The van der Waals surface area contributed by atoms with Crippen LogP contribution in [0.15, 0.2) is 64.0 Å². The molecular formula is C18H18N2O2S. The summed E-state index contributed by atoms with van der Waals surface area (Å²) in [5, 5.41) is 12.4. The van der Waals surface area contributed by atoms with Gasteiger partial charge in [-0.25, -0.2) is 0 Å². The van der Waals surface area contributed by atoms with Gasteiger partial charge in [0, 0.05) is 28.0 Å². The summed E-state index contributed by atoms with van der Waals surface area (Å²) in [6.07, 6.45) is 1.89. The zero-order chi connectivity index (χ0) is 16.4. The molecule has 1 heterocycles. The molecule has 2 aromatic carbocycles. The van der Waals surface area contributed by atoms with Gasteiger partial charge in [-0.2, -0.15) is 0 Å². The molecule has 0 spiro atoms. The van der Waals surface area contributed by atoms with Crippen LogP contribution in [0.3, 0.4) is 0 Å². The SMILES string of the molecule is C=CCN1c2ccccc2Sc2cc(C(C)=NO)c(OC)cc21. The summed E-state index contributed by atoms with van der Waals surface area (Å²) in [5.74, 6) is 0.688. The van der Waals surface area contributed by atoms with E-state index in [1.54, 1.807) is 25.8 Å². The second kappa shape index (κ2) is 6.38. The molecule has 0 aromatic heterocycles.